The van der Waals surface area contributed by atoms with Gasteiger partial charge in [-0.2, -0.15) is 5.26 Å². The molecule has 0 spiro atoms. The maximum absolute atomic E-state index is 9.24. The second kappa shape index (κ2) is 9.62. The molecule has 1 atom stereocenters. The third-order valence-corrected chi connectivity index (χ3v) is 7.17. The summed E-state index contributed by atoms with van der Waals surface area (Å²) in [4.78, 5) is 2.54. The summed E-state index contributed by atoms with van der Waals surface area (Å²) in [5, 5.41) is 22.3. The van der Waals surface area contributed by atoms with Gasteiger partial charge in [-0.1, -0.05) is 55.3 Å². The van der Waals surface area contributed by atoms with Crippen LogP contribution in [0.25, 0.3) is 0 Å². The number of nitrogens with zero attached hydrogens (tertiary/aromatic N) is 6. The molecule has 1 aromatic heterocycles. The molecule has 0 unspecified atom stereocenters. The third kappa shape index (κ3) is 4.44. The van der Waals surface area contributed by atoms with E-state index in [1.165, 1.54) is 36.8 Å². The van der Waals surface area contributed by atoms with Crippen LogP contribution in [-0.2, 0) is 6.42 Å². The average molecular weight is 427 g/mol. The zero-order chi connectivity index (χ0) is 21.8. The van der Waals surface area contributed by atoms with E-state index in [-0.39, 0.29) is 6.04 Å². The monoisotopic (exact) mass is 426 g/mol. The van der Waals surface area contributed by atoms with E-state index in [4.69, 9.17) is 0 Å². The summed E-state index contributed by atoms with van der Waals surface area (Å²) in [6, 6.07) is 21.5. The number of hydrogen-bond acceptors (Lipinski definition) is 5. The molecule has 3 aromatic rings. The fourth-order valence-electron chi connectivity index (χ4n) is 5.42. The van der Waals surface area contributed by atoms with Crippen molar-refractivity contribution in [2.24, 2.45) is 5.92 Å². The van der Waals surface area contributed by atoms with Gasteiger partial charge in [0, 0.05) is 0 Å². The average Bonchev–Trinajstić information content (AvgIpc) is 3.54. The summed E-state index contributed by atoms with van der Waals surface area (Å²) in [5.41, 5.74) is 3.28. The molecule has 1 saturated heterocycles. The van der Waals surface area contributed by atoms with Gasteiger partial charge < -0.3 is 0 Å². The second-order valence-corrected chi connectivity index (χ2v) is 9.23. The minimum atomic E-state index is 0.0241. The Labute approximate surface area is 189 Å². The van der Waals surface area contributed by atoms with Gasteiger partial charge in [0.05, 0.1) is 23.7 Å². The van der Waals surface area contributed by atoms with Crippen LogP contribution in [0.5, 0.6) is 0 Å². The van der Waals surface area contributed by atoms with Gasteiger partial charge in [0.1, 0.15) is 0 Å². The Kier molecular flexibility index (Phi) is 6.27. The lowest BCUT2D eigenvalue weighted by Gasteiger charge is -2.37. The molecule has 2 aliphatic rings. The number of hydrogen-bond donors (Lipinski definition) is 0. The first-order chi connectivity index (χ1) is 15.8. The van der Waals surface area contributed by atoms with Gasteiger partial charge in [-0.05, 0) is 84.8 Å². The summed E-state index contributed by atoms with van der Waals surface area (Å²) in [6.07, 6.45) is 8.29. The maximum atomic E-state index is 9.24. The minimum Gasteiger partial charge on any atom is -0.290 e. The van der Waals surface area contributed by atoms with Gasteiger partial charge in [-0.15, -0.1) is 5.10 Å². The van der Waals surface area contributed by atoms with Crippen LogP contribution in [0.15, 0.2) is 54.6 Å². The van der Waals surface area contributed by atoms with Crippen LogP contribution in [0.1, 0.15) is 73.1 Å². The molecule has 0 bridgehead atoms. The molecule has 2 fully saturated rings. The van der Waals surface area contributed by atoms with Crippen molar-refractivity contribution in [1.29, 1.82) is 5.26 Å². The molecular formula is C26H30N6. The van der Waals surface area contributed by atoms with Crippen molar-refractivity contribution in [2.75, 3.05) is 13.1 Å². The van der Waals surface area contributed by atoms with Crippen molar-refractivity contribution in [1.82, 2.24) is 25.1 Å². The van der Waals surface area contributed by atoms with Gasteiger partial charge >= 0.3 is 0 Å². The Morgan fingerprint density at radius 2 is 1.66 bits per heavy atom. The lowest BCUT2D eigenvalue weighted by Crippen LogP contribution is -2.39. The standard InChI is InChI=1S/C26H30N6/c27-19-22-10-12-23(13-11-22)25(26-28-29-30-32(26)24-8-4-5-9-24)31-16-14-21(15-17-31)18-20-6-2-1-3-7-20/h1-3,6-7,10-13,21,24-25H,4-5,8-9,14-18H2/t25-/m1/s1. The lowest BCUT2D eigenvalue weighted by atomic mass is 9.88. The van der Waals surface area contributed by atoms with Crippen molar-refractivity contribution in [2.45, 2.75) is 57.0 Å². The first kappa shape index (κ1) is 20.8. The molecule has 1 aliphatic heterocycles. The van der Waals surface area contributed by atoms with Crippen LogP contribution >= 0.6 is 0 Å². The van der Waals surface area contributed by atoms with Crippen LogP contribution < -0.4 is 0 Å². The number of tetrazole rings is 1. The number of benzene rings is 2. The molecule has 1 saturated carbocycles. The molecule has 0 amide bonds. The van der Waals surface area contributed by atoms with Gasteiger partial charge in [0.25, 0.3) is 0 Å². The molecule has 0 radical (unpaired) electrons. The van der Waals surface area contributed by atoms with E-state index < -0.39 is 0 Å². The molecule has 5 rings (SSSR count). The topological polar surface area (TPSA) is 70.6 Å². The van der Waals surface area contributed by atoms with E-state index in [2.05, 4.69) is 73.6 Å². The van der Waals surface area contributed by atoms with Crippen molar-refractivity contribution in [3.05, 3.63) is 77.1 Å². The zero-order valence-corrected chi connectivity index (χ0v) is 18.5. The molecule has 1 aliphatic carbocycles. The molecule has 2 heterocycles. The fraction of sp³-hybridized carbons (Fsp3) is 0.462. The summed E-state index contributed by atoms with van der Waals surface area (Å²) in [6.45, 7) is 2.05. The number of rotatable bonds is 6. The lowest BCUT2D eigenvalue weighted by molar-refractivity contribution is 0.142. The van der Waals surface area contributed by atoms with Crippen molar-refractivity contribution in [3.63, 3.8) is 0 Å². The highest BCUT2D eigenvalue weighted by atomic mass is 15.6. The highest BCUT2D eigenvalue weighted by molar-refractivity contribution is 5.35. The molecular weight excluding hydrogens is 396 g/mol. The highest BCUT2D eigenvalue weighted by Gasteiger charge is 2.33. The van der Waals surface area contributed by atoms with Crippen LogP contribution in [-0.4, -0.2) is 38.2 Å². The van der Waals surface area contributed by atoms with Gasteiger partial charge in [0.2, 0.25) is 0 Å². The predicted octanol–water partition coefficient (Wildman–Crippen LogP) is 4.70. The van der Waals surface area contributed by atoms with Crippen molar-refractivity contribution < 1.29 is 0 Å². The van der Waals surface area contributed by atoms with E-state index in [0.29, 0.717) is 17.5 Å². The van der Waals surface area contributed by atoms with Crippen LogP contribution in [0.2, 0.25) is 0 Å². The Hall–Kier alpha value is -3.04. The molecule has 164 valence electrons. The highest BCUT2D eigenvalue weighted by Crippen LogP contribution is 2.36. The zero-order valence-electron chi connectivity index (χ0n) is 18.5. The Morgan fingerprint density at radius 1 is 0.938 bits per heavy atom. The number of aromatic nitrogens is 4. The minimum absolute atomic E-state index is 0.0241. The maximum Gasteiger partial charge on any atom is 0.173 e. The van der Waals surface area contributed by atoms with Gasteiger partial charge in [0.15, 0.2) is 5.82 Å². The summed E-state index contributed by atoms with van der Waals surface area (Å²) in [7, 11) is 0. The second-order valence-electron chi connectivity index (χ2n) is 9.23. The first-order valence-electron chi connectivity index (χ1n) is 11.9. The van der Waals surface area contributed by atoms with E-state index >= 15 is 0 Å². The Morgan fingerprint density at radius 3 is 2.34 bits per heavy atom. The van der Waals surface area contributed by atoms with Crippen LogP contribution in [0.3, 0.4) is 0 Å². The first-order valence-corrected chi connectivity index (χ1v) is 11.9. The van der Waals surface area contributed by atoms with E-state index in [1.54, 1.807) is 0 Å². The molecule has 6 nitrogen and oxygen atoms in total. The van der Waals surface area contributed by atoms with E-state index in [1.807, 2.05) is 12.1 Å². The molecule has 2 aromatic carbocycles. The number of nitriles is 1. The molecule has 6 heteroatoms. The summed E-state index contributed by atoms with van der Waals surface area (Å²) < 4.78 is 2.09. The normalized spacial score (nSPS) is 19.1. The van der Waals surface area contributed by atoms with Crippen LogP contribution in [0.4, 0.5) is 0 Å². The third-order valence-electron chi connectivity index (χ3n) is 7.17. The van der Waals surface area contributed by atoms with E-state index in [9.17, 15) is 5.26 Å². The number of likely N-dealkylation sites (tertiary alicyclic amines) is 1. The summed E-state index contributed by atoms with van der Waals surface area (Å²) in [5.74, 6) is 1.66. The van der Waals surface area contributed by atoms with Crippen molar-refractivity contribution in [3.8, 4) is 6.07 Å². The fourth-order valence-corrected chi connectivity index (χ4v) is 5.42. The van der Waals surface area contributed by atoms with E-state index in [0.717, 1.165) is 38.2 Å². The SMILES string of the molecule is N#Cc1ccc([C@H](c2nnnn2C2CCCC2)N2CCC(Cc3ccccc3)CC2)cc1. The Bertz CT molecular complexity index is 1040. The smallest absolute Gasteiger partial charge is 0.173 e. The number of piperidine rings is 1. The molecule has 32 heavy (non-hydrogen) atoms. The molecule has 0 N–H and O–H groups in total. The van der Waals surface area contributed by atoms with Gasteiger partial charge in [-0.3, -0.25) is 4.90 Å². The quantitative estimate of drug-likeness (QED) is 0.571. The predicted molar refractivity (Wildman–Crippen MR) is 123 cm³/mol. The Balaban J connectivity index is 1.38. The summed E-state index contributed by atoms with van der Waals surface area (Å²) >= 11 is 0. The van der Waals surface area contributed by atoms with Crippen molar-refractivity contribution >= 4 is 0 Å². The van der Waals surface area contributed by atoms with Gasteiger partial charge in [-0.25, -0.2) is 4.68 Å². The largest absolute Gasteiger partial charge is 0.290 e. The van der Waals surface area contributed by atoms with Crippen LogP contribution in [0, 0.1) is 17.2 Å².